The Labute approximate surface area is 246 Å². The van der Waals surface area contributed by atoms with Crippen LogP contribution in [0, 0.1) is 11.3 Å². The van der Waals surface area contributed by atoms with E-state index in [0.29, 0.717) is 13.0 Å². The van der Waals surface area contributed by atoms with Gasteiger partial charge in [0, 0.05) is 38.9 Å². The highest BCUT2D eigenvalue weighted by Crippen LogP contribution is 2.30. The van der Waals surface area contributed by atoms with Crippen LogP contribution in [-0.2, 0) is 26.0 Å². The standard InChI is InChI=1S/C31H48N4O5S/c1-6-25(2)17-20-35(41(39,40)27-15-11-8-12-16-27)31(38,21-26-13-9-7-10-14-26)18-19-33-28(36)22-30(3,4)24-34-29(37)23-32-5/h7-16,25,32,38H,6,17-24H2,1-5H3,(H,33,36)(H,34,37). The molecule has 2 atom stereocenters. The number of amides is 2. The lowest BCUT2D eigenvalue weighted by Gasteiger charge is -2.40. The number of sulfonamides is 1. The van der Waals surface area contributed by atoms with E-state index in [2.05, 4.69) is 29.8 Å². The summed E-state index contributed by atoms with van der Waals surface area (Å²) in [5, 5.41) is 20.7. The van der Waals surface area contributed by atoms with Gasteiger partial charge >= 0.3 is 0 Å². The third-order valence-corrected chi connectivity index (χ3v) is 9.21. The number of likely N-dealkylation sites (N-methyl/N-ethyl adjacent to an activating group) is 1. The third-order valence-electron chi connectivity index (χ3n) is 7.24. The van der Waals surface area contributed by atoms with Gasteiger partial charge in [-0.1, -0.05) is 82.6 Å². The number of carbonyl (C=O) groups excluding carboxylic acids is 2. The summed E-state index contributed by atoms with van der Waals surface area (Å²) in [5.74, 6) is -0.124. The summed E-state index contributed by atoms with van der Waals surface area (Å²) in [6.07, 6.45) is 1.69. The maximum Gasteiger partial charge on any atom is 0.245 e. The first-order chi connectivity index (χ1) is 19.3. The molecule has 0 spiro atoms. The summed E-state index contributed by atoms with van der Waals surface area (Å²) >= 11 is 0. The second kappa shape index (κ2) is 16.0. The summed E-state index contributed by atoms with van der Waals surface area (Å²) in [6.45, 7) is 8.64. The number of benzene rings is 2. The molecule has 10 heteroatoms. The molecule has 2 aromatic rings. The highest BCUT2D eigenvalue weighted by atomic mass is 32.2. The van der Waals surface area contributed by atoms with E-state index in [1.54, 1.807) is 25.2 Å². The molecule has 0 aliphatic carbocycles. The van der Waals surface area contributed by atoms with E-state index in [1.807, 2.05) is 44.2 Å². The van der Waals surface area contributed by atoms with Gasteiger partial charge in [0.15, 0.2) is 0 Å². The predicted octanol–water partition coefficient (Wildman–Crippen LogP) is 3.30. The Morgan fingerprint density at radius 3 is 2.17 bits per heavy atom. The largest absolute Gasteiger partial charge is 0.374 e. The van der Waals surface area contributed by atoms with Crippen molar-refractivity contribution in [2.45, 2.75) is 70.4 Å². The van der Waals surface area contributed by atoms with Gasteiger partial charge in [-0.2, -0.15) is 4.31 Å². The van der Waals surface area contributed by atoms with E-state index < -0.39 is 21.2 Å². The fourth-order valence-electron chi connectivity index (χ4n) is 4.56. The van der Waals surface area contributed by atoms with Crippen LogP contribution in [0.2, 0.25) is 0 Å². The smallest absolute Gasteiger partial charge is 0.245 e. The molecule has 0 aliphatic heterocycles. The topological polar surface area (TPSA) is 128 Å². The van der Waals surface area contributed by atoms with E-state index >= 15 is 0 Å². The Kier molecular flexibility index (Phi) is 13.4. The van der Waals surface area contributed by atoms with Crippen LogP contribution >= 0.6 is 0 Å². The molecular formula is C31H48N4O5S. The predicted molar refractivity (Wildman–Crippen MR) is 162 cm³/mol. The van der Waals surface area contributed by atoms with E-state index in [9.17, 15) is 23.1 Å². The van der Waals surface area contributed by atoms with Crippen LogP contribution in [0.1, 0.15) is 58.9 Å². The Hall–Kier alpha value is -2.79. The molecule has 0 saturated heterocycles. The molecule has 41 heavy (non-hydrogen) atoms. The number of nitrogens with zero attached hydrogens (tertiary/aromatic N) is 1. The molecule has 0 heterocycles. The zero-order valence-electron chi connectivity index (χ0n) is 25.2. The van der Waals surface area contributed by atoms with Crippen LogP contribution in [0.4, 0.5) is 0 Å². The average molecular weight is 589 g/mol. The summed E-state index contributed by atoms with van der Waals surface area (Å²) in [6, 6.07) is 17.4. The van der Waals surface area contributed by atoms with Gasteiger partial charge in [-0.05, 0) is 42.5 Å². The van der Waals surface area contributed by atoms with Crippen molar-refractivity contribution in [2.75, 3.05) is 33.2 Å². The Morgan fingerprint density at radius 1 is 0.976 bits per heavy atom. The van der Waals surface area contributed by atoms with Gasteiger partial charge in [0.1, 0.15) is 5.72 Å². The number of rotatable bonds is 18. The molecule has 2 unspecified atom stereocenters. The van der Waals surface area contributed by atoms with Gasteiger partial charge in [-0.15, -0.1) is 0 Å². The van der Waals surface area contributed by atoms with Crippen LogP contribution in [0.25, 0.3) is 0 Å². The molecular weight excluding hydrogens is 540 g/mol. The number of hydrogen-bond donors (Lipinski definition) is 4. The fraction of sp³-hybridized carbons (Fsp3) is 0.548. The van der Waals surface area contributed by atoms with Crippen molar-refractivity contribution in [1.82, 2.24) is 20.3 Å². The molecule has 2 rings (SSSR count). The molecule has 2 aromatic carbocycles. The first-order valence-electron chi connectivity index (χ1n) is 14.3. The molecule has 0 aliphatic rings. The molecule has 0 bridgehead atoms. The molecule has 0 saturated carbocycles. The number of aliphatic hydroxyl groups is 1. The van der Waals surface area contributed by atoms with Gasteiger partial charge in [0.05, 0.1) is 11.4 Å². The second-order valence-electron chi connectivity index (χ2n) is 11.6. The summed E-state index contributed by atoms with van der Waals surface area (Å²) in [7, 11) is -2.37. The molecule has 0 fully saturated rings. The van der Waals surface area contributed by atoms with Gasteiger partial charge in [0.25, 0.3) is 0 Å². The lowest BCUT2D eigenvalue weighted by Crippen LogP contribution is -2.55. The molecule has 0 aromatic heterocycles. The maximum absolute atomic E-state index is 14.0. The highest BCUT2D eigenvalue weighted by Gasteiger charge is 2.42. The Balaban J connectivity index is 2.27. The lowest BCUT2D eigenvalue weighted by molar-refractivity contribution is -0.125. The number of carbonyl (C=O) groups is 2. The van der Waals surface area contributed by atoms with Crippen molar-refractivity contribution in [1.29, 1.82) is 0 Å². The van der Waals surface area contributed by atoms with Crippen molar-refractivity contribution < 1.29 is 23.1 Å². The van der Waals surface area contributed by atoms with Gasteiger partial charge in [-0.3, -0.25) is 9.59 Å². The Bertz CT molecular complexity index is 1190. The van der Waals surface area contributed by atoms with Crippen molar-refractivity contribution in [3.8, 4) is 0 Å². The highest BCUT2D eigenvalue weighted by molar-refractivity contribution is 7.89. The Morgan fingerprint density at radius 2 is 1.59 bits per heavy atom. The molecule has 4 N–H and O–H groups in total. The van der Waals surface area contributed by atoms with E-state index in [0.717, 1.165) is 12.0 Å². The van der Waals surface area contributed by atoms with Crippen LogP contribution in [0.3, 0.4) is 0 Å². The average Bonchev–Trinajstić information content (AvgIpc) is 2.92. The third kappa shape index (κ3) is 11.2. The van der Waals surface area contributed by atoms with Crippen LogP contribution in [0.15, 0.2) is 65.6 Å². The van der Waals surface area contributed by atoms with Crippen molar-refractivity contribution in [3.05, 3.63) is 66.2 Å². The first kappa shape index (κ1) is 34.4. The van der Waals surface area contributed by atoms with Gasteiger partial charge in [0.2, 0.25) is 21.8 Å². The zero-order chi connectivity index (χ0) is 30.5. The molecule has 228 valence electrons. The monoisotopic (exact) mass is 588 g/mol. The lowest BCUT2D eigenvalue weighted by atomic mass is 9.88. The molecule has 0 radical (unpaired) electrons. The minimum atomic E-state index is -4.06. The van der Waals surface area contributed by atoms with Crippen molar-refractivity contribution in [3.63, 3.8) is 0 Å². The summed E-state index contributed by atoms with van der Waals surface area (Å²) in [5.41, 5.74) is -1.49. The van der Waals surface area contributed by atoms with Gasteiger partial charge in [-0.25, -0.2) is 8.42 Å². The van der Waals surface area contributed by atoms with Crippen LogP contribution < -0.4 is 16.0 Å². The fourth-order valence-corrected chi connectivity index (χ4v) is 6.26. The molecule has 9 nitrogen and oxygen atoms in total. The minimum Gasteiger partial charge on any atom is -0.374 e. The quantitative estimate of drug-likeness (QED) is 0.198. The summed E-state index contributed by atoms with van der Waals surface area (Å²) < 4.78 is 29.2. The van der Waals surface area contributed by atoms with Crippen molar-refractivity contribution >= 4 is 21.8 Å². The summed E-state index contributed by atoms with van der Waals surface area (Å²) in [4.78, 5) is 24.8. The SMILES string of the molecule is CCC(C)CCN(C(O)(CCNC(=O)CC(C)(C)CNC(=O)CNC)Cc1ccccc1)S(=O)(=O)c1ccccc1. The number of hydrogen-bond acceptors (Lipinski definition) is 6. The van der Waals surface area contributed by atoms with Crippen molar-refractivity contribution in [2.24, 2.45) is 11.3 Å². The normalized spacial score (nSPS) is 14.3. The van der Waals surface area contributed by atoms with E-state index in [4.69, 9.17) is 0 Å². The zero-order valence-corrected chi connectivity index (χ0v) is 26.0. The first-order valence-corrected chi connectivity index (χ1v) is 15.8. The van der Waals surface area contributed by atoms with E-state index in [-0.39, 0.29) is 61.5 Å². The maximum atomic E-state index is 14.0. The molecule has 2 amide bonds. The van der Waals surface area contributed by atoms with Gasteiger partial charge < -0.3 is 21.1 Å². The van der Waals surface area contributed by atoms with Crippen LogP contribution in [-0.4, -0.2) is 68.6 Å². The van der Waals surface area contributed by atoms with E-state index in [1.165, 1.54) is 16.4 Å². The minimum absolute atomic E-state index is 0.000459. The second-order valence-corrected chi connectivity index (χ2v) is 13.4. The van der Waals surface area contributed by atoms with Crippen LogP contribution in [0.5, 0.6) is 0 Å². The number of nitrogens with one attached hydrogen (secondary N) is 3.